The van der Waals surface area contributed by atoms with Crippen molar-refractivity contribution in [3.63, 3.8) is 0 Å². The van der Waals surface area contributed by atoms with Crippen LogP contribution in [0, 0.1) is 0 Å². The molecule has 0 saturated heterocycles. The Morgan fingerprint density at radius 1 is 1.36 bits per heavy atom. The van der Waals surface area contributed by atoms with Gasteiger partial charge in [0.05, 0.1) is 0 Å². The summed E-state index contributed by atoms with van der Waals surface area (Å²) in [6, 6.07) is 0. The summed E-state index contributed by atoms with van der Waals surface area (Å²) in [5, 5.41) is 11.7. The van der Waals surface area contributed by atoms with E-state index in [0.717, 1.165) is 39.0 Å². The monoisotopic (exact) mass is 202 g/mol. The normalized spacial score (nSPS) is 10.8. The number of nitrogens with one attached hydrogen (secondary N) is 1. The average molecular weight is 202 g/mol. The number of nitrogens with zero attached hydrogens (tertiary/aromatic N) is 1. The molecule has 0 aliphatic carbocycles. The van der Waals surface area contributed by atoms with E-state index in [1.54, 1.807) is 0 Å². The van der Waals surface area contributed by atoms with Gasteiger partial charge in [-0.15, -0.1) is 0 Å². The van der Waals surface area contributed by atoms with Crippen molar-refractivity contribution in [2.24, 2.45) is 0 Å². The SMILES string of the molecule is CCN(C)CCNCCCCC(=O)O. The number of carboxylic acid groups (broad SMARTS) is 1. The van der Waals surface area contributed by atoms with Crippen LogP contribution in [0.1, 0.15) is 26.2 Å². The van der Waals surface area contributed by atoms with Crippen LogP contribution in [0.3, 0.4) is 0 Å². The van der Waals surface area contributed by atoms with Crippen LogP contribution in [0.5, 0.6) is 0 Å². The molecule has 0 aromatic carbocycles. The molecular weight excluding hydrogens is 180 g/mol. The number of carboxylic acids is 1. The third-order valence-corrected chi connectivity index (χ3v) is 2.20. The van der Waals surface area contributed by atoms with Gasteiger partial charge in [-0.05, 0) is 33.0 Å². The van der Waals surface area contributed by atoms with Crippen molar-refractivity contribution in [3.8, 4) is 0 Å². The molecule has 0 aliphatic heterocycles. The number of hydrogen-bond donors (Lipinski definition) is 2. The van der Waals surface area contributed by atoms with E-state index >= 15 is 0 Å². The molecule has 0 unspecified atom stereocenters. The fourth-order valence-corrected chi connectivity index (χ4v) is 1.08. The van der Waals surface area contributed by atoms with Gasteiger partial charge in [0.15, 0.2) is 0 Å². The number of likely N-dealkylation sites (N-methyl/N-ethyl adjacent to an activating group) is 1. The summed E-state index contributed by atoms with van der Waals surface area (Å²) in [4.78, 5) is 12.4. The van der Waals surface area contributed by atoms with Gasteiger partial charge in [-0.25, -0.2) is 0 Å². The minimum atomic E-state index is -0.698. The summed E-state index contributed by atoms with van der Waals surface area (Å²) in [7, 11) is 2.09. The van der Waals surface area contributed by atoms with Crippen molar-refractivity contribution < 1.29 is 9.90 Å². The first-order valence-corrected chi connectivity index (χ1v) is 5.28. The first kappa shape index (κ1) is 13.4. The minimum Gasteiger partial charge on any atom is -0.481 e. The lowest BCUT2D eigenvalue weighted by molar-refractivity contribution is -0.137. The standard InChI is InChI=1S/C10H22N2O2/c1-3-12(2)9-8-11-7-5-4-6-10(13)14/h11H,3-9H2,1-2H3,(H,13,14). The van der Waals surface area contributed by atoms with Crippen molar-refractivity contribution in [3.05, 3.63) is 0 Å². The second kappa shape index (κ2) is 8.97. The Morgan fingerprint density at radius 2 is 2.07 bits per heavy atom. The van der Waals surface area contributed by atoms with E-state index in [1.165, 1.54) is 0 Å². The smallest absolute Gasteiger partial charge is 0.303 e. The lowest BCUT2D eigenvalue weighted by atomic mass is 10.2. The number of rotatable bonds is 9. The summed E-state index contributed by atoms with van der Waals surface area (Å²) in [6.45, 7) is 6.16. The Morgan fingerprint density at radius 3 is 2.64 bits per heavy atom. The zero-order chi connectivity index (χ0) is 10.8. The number of carbonyl (C=O) groups is 1. The highest BCUT2D eigenvalue weighted by molar-refractivity contribution is 5.66. The molecule has 4 heteroatoms. The molecule has 0 aromatic heterocycles. The molecule has 0 bridgehead atoms. The van der Waals surface area contributed by atoms with Crippen molar-refractivity contribution in [2.45, 2.75) is 26.2 Å². The highest BCUT2D eigenvalue weighted by Gasteiger charge is 1.96. The Kier molecular flexibility index (Phi) is 8.57. The molecule has 14 heavy (non-hydrogen) atoms. The van der Waals surface area contributed by atoms with E-state index in [1.807, 2.05) is 0 Å². The Labute approximate surface area is 86.3 Å². The van der Waals surface area contributed by atoms with E-state index in [9.17, 15) is 4.79 Å². The molecule has 0 spiro atoms. The van der Waals surface area contributed by atoms with E-state index in [0.29, 0.717) is 0 Å². The second-order valence-electron chi connectivity index (χ2n) is 3.50. The summed E-state index contributed by atoms with van der Waals surface area (Å²) in [5.74, 6) is -0.698. The van der Waals surface area contributed by atoms with Crippen molar-refractivity contribution >= 4 is 5.97 Å². The summed E-state index contributed by atoms with van der Waals surface area (Å²) in [6.07, 6.45) is 2.00. The number of aliphatic carboxylic acids is 1. The molecule has 0 fully saturated rings. The van der Waals surface area contributed by atoms with E-state index in [4.69, 9.17) is 5.11 Å². The largest absolute Gasteiger partial charge is 0.481 e. The fourth-order valence-electron chi connectivity index (χ4n) is 1.08. The molecule has 2 N–H and O–H groups in total. The molecule has 0 saturated carbocycles. The van der Waals surface area contributed by atoms with Gasteiger partial charge < -0.3 is 15.3 Å². The topological polar surface area (TPSA) is 52.6 Å². The quantitative estimate of drug-likeness (QED) is 0.543. The summed E-state index contributed by atoms with van der Waals surface area (Å²) < 4.78 is 0. The van der Waals surface area contributed by atoms with Gasteiger partial charge in [0.2, 0.25) is 0 Å². The zero-order valence-electron chi connectivity index (χ0n) is 9.25. The first-order chi connectivity index (χ1) is 6.66. The predicted octanol–water partition coefficient (Wildman–Crippen LogP) is 0.783. The van der Waals surface area contributed by atoms with Gasteiger partial charge in [0.1, 0.15) is 0 Å². The molecule has 0 aliphatic rings. The fraction of sp³-hybridized carbons (Fsp3) is 0.900. The van der Waals surface area contributed by atoms with Crippen LogP contribution in [0.2, 0.25) is 0 Å². The van der Waals surface area contributed by atoms with E-state index in [2.05, 4.69) is 24.2 Å². The highest BCUT2D eigenvalue weighted by Crippen LogP contribution is 1.92. The number of unbranched alkanes of at least 4 members (excludes halogenated alkanes) is 1. The lowest BCUT2D eigenvalue weighted by Gasteiger charge is -2.13. The second-order valence-corrected chi connectivity index (χ2v) is 3.50. The Bertz CT molecular complexity index is 151. The Balaban J connectivity index is 3.02. The van der Waals surface area contributed by atoms with Crippen LogP contribution in [0.15, 0.2) is 0 Å². The van der Waals surface area contributed by atoms with Gasteiger partial charge in [-0.2, -0.15) is 0 Å². The van der Waals surface area contributed by atoms with Crippen molar-refractivity contribution in [1.82, 2.24) is 10.2 Å². The van der Waals surface area contributed by atoms with Crippen LogP contribution < -0.4 is 5.32 Å². The molecule has 4 nitrogen and oxygen atoms in total. The maximum absolute atomic E-state index is 10.2. The maximum Gasteiger partial charge on any atom is 0.303 e. The molecule has 0 rings (SSSR count). The van der Waals surface area contributed by atoms with Crippen molar-refractivity contribution in [1.29, 1.82) is 0 Å². The van der Waals surface area contributed by atoms with E-state index < -0.39 is 5.97 Å². The summed E-state index contributed by atoms with van der Waals surface area (Å²) >= 11 is 0. The zero-order valence-corrected chi connectivity index (χ0v) is 9.25. The van der Waals surface area contributed by atoms with Crippen LogP contribution in [-0.4, -0.2) is 49.2 Å². The average Bonchev–Trinajstić information content (AvgIpc) is 2.15. The minimum absolute atomic E-state index is 0.288. The summed E-state index contributed by atoms with van der Waals surface area (Å²) in [5.41, 5.74) is 0. The third kappa shape index (κ3) is 9.48. The van der Waals surface area contributed by atoms with Crippen LogP contribution in [0.4, 0.5) is 0 Å². The Hall–Kier alpha value is -0.610. The maximum atomic E-state index is 10.2. The van der Waals surface area contributed by atoms with Gasteiger partial charge in [0, 0.05) is 19.5 Å². The molecule has 84 valence electrons. The first-order valence-electron chi connectivity index (χ1n) is 5.28. The highest BCUT2D eigenvalue weighted by atomic mass is 16.4. The molecule has 0 aromatic rings. The lowest BCUT2D eigenvalue weighted by Crippen LogP contribution is -2.29. The van der Waals surface area contributed by atoms with Gasteiger partial charge >= 0.3 is 5.97 Å². The van der Waals surface area contributed by atoms with E-state index in [-0.39, 0.29) is 6.42 Å². The van der Waals surface area contributed by atoms with Crippen LogP contribution >= 0.6 is 0 Å². The third-order valence-electron chi connectivity index (χ3n) is 2.20. The van der Waals surface area contributed by atoms with Gasteiger partial charge in [-0.1, -0.05) is 6.92 Å². The molecule has 0 heterocycles. The van der Waals surface area contributed by atoms with Crippen LogP contribution in [-0.2, 0) is 4.79 Å². The van der Waals surface area contributed by atoms with Gasteiger partial charge in [-0.3, -0.25) is 4.79 Å². The molecular formula is C10H22N2O2. The predicted molar refractivity (Wildman–Crippen MR) is 57.5 cm³/mol. The molecule has 0 amide bonds. The molecule has 0 radical (unpaired) electrons. The molecule has 0 atom stereocenters. The number of hydrogen-bond acceptors (Lipinski definition) is 3. The van der Waals surface area contributed by atoms with Gasteiger partial charge in [0.25, 0.3) is 0 Å². The van der Waals surface area contributed by atoms with Crippen LogP contribution in [0.25, 0.3) is 0 Å². The van der Waals surface area contributed by atoms with Crippen molar-refractivity contribution in [2.75, 3.05) is 33.2 Å².